The van der Waals surface area contributed by atoms with Gasteiger partial charge >= 0.3 is 0 Å². The van der Waals surface area contributed by atoms with Crippen LogP contribution in [-0.2, 0) is 11.2 Å². The summed E-state index contributed by atoms with van der Waals surface area (Å²) in [6.45, 7) is 0. The Morgan fingerprint density at radius 3 is 2.42 bits per heavy atom. The van der Waals surface area contributed by atoms with E-state index >= 15 is 0 Å². The third-order valence-electron chi connectivity index (χ3n) is 2.40. The van der Waals surface area contributed by atoms with Gasteiger partial charge in [-0.2, -0.15) is 0 Å². The molecule has 0 radical (unpaired) electrons. The number of amides is 1. The second-order valence-corrected chi connectivity index (χ2v) is 4.89. The van der Waals surface area contributed by atoms with Gasteiger partial charge in [-0.05, 0) is 35.9 Å². The normalized spacial score (nSPS) is 10.3. The van der Waals surface area contributed by atoms with Crippen LogP contribution in [0.25, 0.3) is 0 Å². The minimum Gasteiger partial charge on any atom is -0.326 e. The van der Waals surface area contributed by atoms with Gasteiger partial charge in [0.15, 0.2) is 0 Å². The standard InChI is InChI=1S/C14H10Cl2FNO/c15-10-6-11(16)8-13(7-10)18-14(19)5-9-2-1-3-12(17)4-9/h1-4,6-8H,5H2,(H,18,19). The quantitative estimate of drug-likeness (QED) is 0.898. The van der Waals surface area contributed by atoms with E-state index in [-0.39, 0.29) is 18.1 Å². The largest absolute Gasteiger partial charge is 0.326 e. The van der Waals surface area contributed by atoms with Crippen LogP contribution in [0.1, 0.15) is 5.56 Å². The van der Waals surface area contributed by atoms with Gasteiger partial charge in [0.1, 0.15) is 5.82 Å². The number of halogens is 3. The zero-order valence-corrected chi connectivity index (χ0v) is 11.3. The Hall–Kier alpha value is -1.58. The molecule has 0 atom stereocenters. The number of rotatable bonds is 3. The summed E-state index contributed by atoms with van der Waals surface area (Å²) in [5, 5.41) is 3.54. The van der Waals surface area contributed by atoms with Gasteiger partial charge in [0.25, 0.3) is 0 Å². The molecule has 5 heteroatoms. The van der Waals surface area contributed by atoms with E-state index in [9.17, 15) is 9.18 Å². The first kappa shape index (κ1) is 13.8. The van der Waals surface area contributed by atoms with Gasteiger partial charge in [0, 0.05) is 15.7 Å². The van der Waals surface area contributed by atoms with Gasteiger partial charge in [-0.3, -0.25) is 4.79 Å². The summed E-state index contributed by atoms with van der Waals surface area (Å²) < 4.78 is 13.0. The highest BCUT2D eigenvalue weighted by Gasteiger charge is 2.06. The predicted octanol–water partition coefficient (Wildman–Crippen LogP) is 4.31. The second-order valence-electron chi connectivity index (χ2n) is 4.01. The summed E-state index contributed by atoms with van der Waals surface area (Å²) in [5.41, 5.74) is 1.12. The molecule has 1 amide bonds. The monoisotopic (exact) mass is 297 g/mol. The first-order valence-electron chi connectivity index (χ1n) is 5.53. The number of hydrogen-bond donors (Lipinski definition) is 1. The van der Waals surface area contributed by atoms with Crippen molar-refractivity contribution in [2.24, 2.45) is 0 Å². The Labute approximate surface area is 120 Å². The Morgan fingerprint density at radius 2 is 1.79 bits per heavy atom. The number of carbonyl (C=O) groups is 1. The molecule has 2 aromatic carbocycles. The van der Waals surface area contributed by atoms with Crippen LogP contribution in [0.15, 0.2) is 42.5 Å². The van der Waals surface area contributed by atoms with Gasteiger partial charge in [-0.15, -0.1) is 0 Å². The highest BCUT2D eigenvalue weighted by Crippen LogP contribution is 2.22. The molecule has 0 aliphatic heterocycles. The van der Waals surface area contributed by atoms with E-state index in [0.717, 1.165) is 0 Å². The fourth-order valence-corrected chi connectivity index (χ4v) is 2.19. The van der Waals surface area contributed by atoms with Crippen molar-refractivity contribution >= 4 is 34.8 Å². The van der Waals surface area contributed by atoms with Crippen molar-refractivity contribution < 1.29 is 9.18 Å². The highest BCUT2D eigenvalue weighted by atomic mass is 35.5. The fourth-order valence-electron chi connectivity index (χ4n) is 1.66. The number of anilines is 1. The number of carbonyl (C=O) groups excluding carboxylic acids is 1. The molecular weight excluding hydrogens is 288 g/mol. The maximum absolute atomic E-state index is 13.0. The molecule has 2 rings (SSSR count). The Kier molecular flexibility index (Phi) is 4.40. The molecule has 0 unspecified atom stereocenters. The fraction of sp³-hybridized carbons (Fsp3) is 0.0714. The molecule has 0 aliphatic rings. The Morgan fingerprint density at radius 1 is 1.11 bits per heavy atom. The van der Waals surface area contributed by atoms with Crippen LogP contribution in [0.4, 0.5) is 10.1 Å². The summed E-state index contributed by atoms with van der Waals surface area (Å²) in [6, 6.07) is 10.7. The first-order valence-corrected chi connectivity index (χ1v) is 6.29. The molecule has 1 N–H and O–H groups in total. The molecule has 0 aromatic heterocycles. The minimum atomic E-state index is -0.365. The lowest BCUT2D eigenvalue weighted by Gasteiger charge is -2.06. The van der Waals surface area contributed by atoms with Gasteiger partial charge in [0.05, 0.1) is 6.42 Å². The molecule has 2 nitrogen and oxygen atoms in total. The molecule has 0 aliphatic carbocycles. The SMILES string of the molecule is O=C(Cc1cccc(F)c1)Nc1cc(Cl)cc(Cl)c1. The summed E-state index contributed by atoms with van der Waals surface area (Å²) >= 11 is 11.7. The van der Waals surface area contributed by atoms with Crippen molar-refractivity contribution in [1.82, 2.24) is 0 Å². The van der Waals surface area contributed by atoms with Gasteiger partial charge in [-0.1, -0.05) is 35.3 Å². The molecular formula is C14H10Cl2FNO. The average Bonchev–Trinajstić information content (AvgIpc) is 2.26. The zero-order valence-electron chi connectivity index (χ0n) is 9.79. The van der Waals surface area contributed by atoms with Crippen LogP contribution in [0.3, 0.4) is 0 Å². The Balaban J connectivity index is 2.05. The van der Waals surface area contributed by atoms with Gasteiger partial charge in [0.2, 0.25) is 5.91 Å². The molecule has 0 saturated carbocycles. The summed E-state index contributed by atoms with van der Waals surface area (Å²) in [6.07, 6.45) is 0.0852. The smallest absolute Gasteiger partial charge is 0.228 e. The molecule has 98 valence electrons. The van der Waals surface area contributed by atoms with Crippen molar-refractivity contribution in [3.8, 4) is 0 Å². The summed E-state index contributed by atoms with van der Waals surface area (Å²) in [4.78, 5) is 11.8. The van der Waals surface area contributed by atoms with E-state index in [1.54, 1.807) is 30.3 Å². The molecule has 0 spiro atoms. The van der Waals surface area contributed by atoms with Gasteiger partial charge in [-0.25, -0.2) is 4.39 Å². The third kappa shape index (κ3) is 4.23. The van der Waals surface area contributed by atoms with Gasteiger partial charge < -0.3 is 5.32 Å². The number of hydrogen-bond acceptors (Lipinski definition) is 1. The maximum Gasteiger partial charge on any atom is 0.228 e. The topological polar surface area (TPSA) is 29.1 Å². The van der Waals surface area contributed by atoms with Crippen LogP contribution < -0.4 is 5.32 Å². The predicted molar refractivity (Wildman–Crippen MR) is 75.2 cm³/mol. The van der Waals surface area contributed by atoms with E-state index in [1.807, 2.05) is 0 Å². The summed E-state index contributed by atoms with van der Waals surface area (Å²) in [5.74, 6) is -0.625. The molecule has 0 bridgehead atoms. The van der Waals surface area contributed by atoms with E-state index in [2.05, 4.69) is 5.32 Å². The molecule has 2 aromatic rings. The van der Waals surface area contributed by atoms with Crippen LogP contribution >= 0.6 is 23.2 Å². The Bertz CT molecular complexity index is 596. The molecule has 0 saturated heterocycles. The van der Waals surface area contributed by atoms with E-state index in [0.29, 0.717) is 21.3 Å². The maximum atomic E-state index is 13.0. The third-order valence-corrected chi connectivity index (χ3v) is 2.84. The lowest BCUT2D eigenvalue weighted by Crippen LogP contribution is -2.14. The lowest BCUT2D eigenvalue weighted by molar-refractivity contribution is -0.115. The highest BCUT2D eigenvalue weighted by molar-refractivity contribution is 6.35. The zero-order chi connectivity index (χ0) is 13.8. The second kappa shape index (κ2) is 6.04. The van der Waals surface area contributed by atoms with E-state index < -0.39 is 0 Å². The first-order chi connectivity index (χ1) is 9.02. The van der Waals surface area contributed by atoms with Crippen LogP contribution in [0, 0.1) is 5.82 Å². The van der Waals surface area contributed by atoms with E-state index in [1.165, 1.54) is 12.1 Å². The number of benzene rings is 2. The summed E-state index contributed by atoms with van der Waals surface area (Å²) in [7, 11) is 0. The number of nitrogens with one attached hydrogen (secondary N) is 1. The van der Waals surface area contributed by atoms with Crippen molar-refractivity contribution in [3.05, 3.63) is 63.9 Å². The van der Waals surface area contributed by atoms with Crippen LogP contribution in [0.2, 0.25) is 10.0 Å². The molecule has 0 fully saturated rings. The van der Waals surface area contributed by atoms with Crippen molar-refractivity contribution in [2.75, 3.05) is 5.32 Å². The van der Waals surface area contributed by atoms with Crippen LogP contribution in [-0.4, -0.2) is 5.91 Å². The van der Waals surface area contributed by atoms with E-state index in [4.69, 9.17) is 23.2 Å². The van der Waals surface area contributed by atoms with Crippen molar-refractivity contribution in [3.63, 3.8) is 0 Å². The van der Waals surface area contributed by atoms with Crippen LogP contribution in [0.5, 0.6) is 0 Å². The lowest BCUT2D eigenvalue weighted by atomic mass is 10.1. The van der Waals surface area contributed by atoms with Crippen molar-refractivity contribution in [1.29, 1.82) is 0 Å². The van der Waals surface area contributed by atoms with Crippen molar-refractivity contribution in [2.45, 2.75) is 6.42 Å². The molecule has 19 heavy (non-hydrogen) atoms. The minimum absolute atomic E-state index is 0.0852. The average molecular weight is 298 g/mol. The molecule has 0 heterocycles.